The van der Waals surface area contributed by atoms with E-state index in [0.717, 1.165) is 24.6 Å². The van der Waals surface area contributed by atoms with Gasteiger partial charge in [-0.15, -0.1) is 0 Å². The number of anilines is 1. The first kappa shape index (κ1) is 22.5. The molecule has 0 aliphatic carbocycles. The molecule has 0 unspecified atom stereocenters. The smallest absolute Gasteiger partial charge is 0.267 e. The number of thioether (sulfide) groups is 1. The van der Waals surface area contributed by atoms with Crippen LogP contribution in [-0.2, 0) is 19.4 Å². The largest absolute Gasteiger partial charge is 0.376 e. The van der Waals surface area contributed by atoms with E-state index in [1.54, 1.807) is 24.4 Å². The molecule has 2 atom stereocenters. The van der Waals surface area contributed by atoms with Gasteiger partial charge in [0.05, 0.1) is 34.1 Å². The van der Waals surface area contributed by atoms with Gasteiger partial charge in [-0.1, -0.05) is 30.0 Å². The molecule has 9 nitrogen and oxygen atoms in total. The van der Waals surface area contributed by atoms with Gasteiger partial charge in [-0.2, -0.15) is 0 Å². The molecule has 33 heavy (non-hydrogen) atoms. The summed E-state index contributed by atoms with van der Waals surface area (Å²) in [5.74, 6) is -0.0626. The van der Waals surface area contributed by atoms with E-state index >= 15 is 0 Å². The number of pyridine rings is 1. The highest BCUT2D eigenvalue weighted by atomic mass is 32.2. The Balaban J connectivity index is 1.51. The van der Waals surface area contributed by atoms with Crippen LogP contribution in [0, 0.1) is 0 Å². The Bertz CT molecular complexity index is 1330. The van der Waals surface area contributed by atoms with Crippen LogP contribution >= 0.6 is 24.0 Å². The van der Waals surface area contributed by atoms with Crippen LogP contribution in [0.4, 0.5) is 5.82 Å². The average Bonchev–Trinajstić information content (AvgIpc) is 3.49. The van der Waals surface area contributed by atoms with Gasteiger partial charge in [0.1, 0.15) is 15.8 Å². The number of hydrogen-bond donors (Lipinski definition) is 1. The lowest BCUT2D eigenvalue weighted by molar-refractivity contribution is -0.123. The van der Waals surface area contributed by atoms with Crippen molar-refractivity contribution >= 4 is 61.6 Å². The molecule has 0 bridgehead atoms. The van der Waals surface area contributed by atoms with Crippen molar-refractivity contribution < 1.29 is 17.9 Å². The molecule has 2 aromatic heterocycles. The number of sulfone groups is 1. The number of carbonyl (C=O) groups is 1. The molecule has 12 heteroatoms. The van der Waals surface area contributed by atoms with E-state index in [0.29, 0.717) is 35.4 Å². The maximum absolute atomic E-state index is 13.3. The second kappa shape index (κ2) is 8.82. The molecule has 0 spiro atoms. The number of amides is 1. The number of rotatable bonds is 5. The maximum atomic E-state index is 13.3. The first-order valence-electron chi connectivity index (χ1n) is 10.7. The third-order valence-electron chi connectivity index (χ3n) is 5.96. The second-order valence-electron chi connectivity index (χ2n) is 8.23. The molecule has 3 fully saturated rings. The van der Waals surface area contributed by atoms with Gasteiger partial charge >= 0.3 is 0 Å². The van der Waals surface area contributed by atoms with Gasteiger partial charge in [-0.05, 0) is 37.5 Å². The SMILES string of the molecule is O=C1/C(=C/c2c(NC[C@@H]3CCCO3)nc3ccccn3c2=O)SC(=S)N1[C@H]1CCS(=O)(=O)C1. The predicted octanol–water partition coefficient (Wildman–Crippen LogP) is 1.67. The van der Waals surface area contributed by atoms with Crippen LogP contribution in [0.25, 0.3) is 11.7 Å². The standard InChI is InChI=1S/C21H22N4O5S3/c26-19-15(10-16-20(27)25(21(31)32-16)13-6-9-33(28,29)12-13)18(22-11-14-4-3-8-30-14)23-17-5-1-2-7-24(17)19/h1-2,5,7,10,13-14,22H,3-4,6,8-9,11-12H2/b16-10-/t13-,14-/m0/s1. The van der Waals surface area contributed by atoms with Crippen molar-refractivity contribution in [3.63, 3.8) is 0 Å². The van der Waals surface area contributed by atoms with Crippen molar-refractivity contribution in [2.45, 2.75) is 31.4 Å². The molecule has 0 aromatic carbocycles. The van der Waals surface area contributed by atoms with Gasteiger partial charge < -0.3 is 10.1 Å². The van der Waals surface area contributed by atoms with Crippen LogP contribution in [0.1, 0.15) is 24.8 Å². The van der Waals surface area contributed by atoms with E-state index in [-0.39, 0.29) is 39.5 Å². The Kier molecular flexibility index (Phi) is 6.02. The molecule has 174 valence electrons. The third-order valence-corrected chi connectivity index (χ3v) is 9.04. The monoisotopic (exact) mass is 506 g/mol. The molecule has 1 amide bonds. The van der Waals surface area contributed by atoms with E-state index in [2.05, 4.69) is 10.3 Å². The Morgan fingerprint density at radius 3 is 2.88 bits per heavy atom. The number of thiocarbonyl (C=S) groups is 1. The molecule has 3 saturated heterocycles. The average molecular weight is 507 g/mol. The second-order valence-corrected chi connectivity index (χ2v) is 12.1. The van der Waals surface area contributed by atoms with Crippen LogP contribution in [0.15, 0.2) is 34.1 Å². The fourth-order valence-electron chi connectivity index (χ4n) is 4.29. The molecule has 5 rings (SSSR count). The van der Waals surface area contributed by atoms with E-state index < -0.39 is 15.9 Å². The summed E-state index contributed by atoms with van der Waals surface area (Å²) in [4.78, 5) is 32.7. The van der Waals surface area contributed by atoms with Gasteiger partial charge in [0.25, 0.3) is 11.5 Å². The zero-order chi connectivity index (χ0) is 23.2. The number of nitrogens with zero attached hydrogens (tertiary/aromatic N) is 3. The zero-order valence-electron chi connectivity index (χ0n) is 17.6. The Hall–Kier alpha value is -2.28. The highest BCUT2D eigenvalue weighted by molar-refractivity contribution is 8.26. The van der Waals surface area contributed by atoms with E-state index in [4.69, 9.17) is 17.0 Å². The number of carbonyl (C=O) groups excluding carboxylic acids is 1. The summed E-state index contributed by atoms with van der Waals surface area (Å²) in [5, 5.41) is 3.22. The summed E-state index contributed by atoms with van der Waals surface area (Å²) >= 11 is 6.47. The quantitative estimate of drug-likeness (QED) is 0.478. The summed E-state index contributed by atoms with van der Waals surface area (Å²) in [5.41, 5.74) is 0.415. The first-order valence-corrected chi connectivity index (χ1v) is 13.7. The summed E-state index contributed by atoms with van der Waals surface area (Å²) in [6, 6.07) is 4.80. The normalized spacial score (nSPS) is 26.1. The van der Waals surface area contributed by atoms with Gasteiger partial charge in [0, 0.05) is 19.3 Å². The van der Waals surface area contributed by atoms with Crippen LogP contribution in [0.3, 0.4) is 0 Å². The van der Waals surface area contributed by atoms with Crippen molar-refractivity contribution in [3.05, 3.63) is 45.2 Å². The van der Waals surface area contributed by atoms with Crippen molar-refractivity contribution in [1.82, 2.24) is 14.3 Å². The molecular formula is C21H22N4O5S3. The lowest BCUT2D eigenvalue weighted by Gasteiger charge is -2.20. The molecule has 0 saturated carbocycles. The van der Waals surface area contributed by atoms with Crippen molar-refractivity contribution in [1.29, 1.82) is 0 Å². The van der Waals surface area contributed by atoms with Gasteiger partial charge in [0.2, 0.25) is 0 Å². The highest BCUT2D eigenvalue weighted by Gasteiger charge is 2.42. The fraction of sp³-hybridized carbons (Fsp3) is 0.429. The maximum Gasteiger partial charge on any atom is 0.267 e. The molecule has 2 aromatic rings. The van der Waals surface area contributed by atoms with Crippen LogP contribution in [0.5, 0.6) is 0 Å². The zero-order valence-corrected chi connectivity index (χ0v) is 20.0. The summed E-state index contributed by atoms with van der Waals surface area (Å²) in [7, 11) is -3.18. The summed E-state index contributed by atoms with van der Waals surface area (Å²) < 4.78 is 31.2. The Morgan fingerprint density at radius 1 is 1.30 bits per heavy atom. The molecular weight excluding hydrogens is 484 g/mol. The third kappa shape index (κ3) is 4.44. The van der Waals surface area contributed by atoms with Gasteiger partial charge in [0.15, 0.2) is 9.84 Å². The fourth-order valence-corrected chi connectivity index (χ4v) is 7.37. The van der Waals surface area contributed by atoms with Crippen LogP contribution < -0.4 is 10.9 Å². The number of aromatic nitrogens is 2. The van der Waals surface area contributed by atoms with E-state index in [9.17, 15) is 18.0 Å². The van der Waals surface area contributed by atoms with E-state index in [1.807, 2.05) is 0 Å². The first-order chi connectivity index (χ1) is 15.8. The molecule has 1 N–H and O–H groups in total. The molecule has 0 radical (unpaired) electrons. The predicted molar refractivity (Wildman–Crippen MR) is 131 cm³/mol. The van der Waals surface area contributed by atoms with Crippen LogP contribution in [-0.4, -0.2) is 69.7 Å². The Labute approximate surface area is 200 Å². The topological polar surface area (TPSA) is 110 Å². The summed E-state index contributed by atoms with van der Waals surface area (Å²) in [6.45, 7) is 1.21. The lowest BCUT2D eigenvalue weighted by atomic mass is 10.2. The highest BCUT2D eigenvalue weighted by Crippen LogP contribution is 2.36. The Morgan fingerprint density at radius 2 is 2.15 bits per heavy atom. The van der Waals surface area contributed by atoms with Crippen molar-refractivity contribution in [2.75, 3.05) is 30.0 Å². The number of nitrogens with one attached hydrogen (secondary N) is 1. The minimum atomic E-state index is -3.18. The van der Waals surface area contributed by atoms with Gasteiger partial charge in [-0.3, -0.25) is 18.9 Å². The minimum absolute atomic E-state index is 0.0383. The number of hydrogen-bond acceptors (Lipinski definition) is 9. The van der Waals surface area contributed by atoms with Gasteiger partial charge in [-0.25, -0.2) is 13.4 Å². The minimum Gasteiger partial charge on any atom is -0.376 e. The van der Waals surface area contributed by atoms with Crippen LogP contribution in [0.2, 0.25) is 0 Å². The van der Waals surface area contributed by atoms with Crippen molar-refractivity contribution in [3.8, 4) is 0 Å². The van der Waals surface area contributed by atoms with E-state index in [1.165, 1.54) is 15.4 Å². The molecule has 5 heterocycles. The van der Waals surface area contributed by atoms with Crippen molar-refractivity contribution in [2.24, 2.45) is 0 Å². The molecule has 3 aliphatic rings. The number of fused-ring (bicyclic) bond motifs is 1. The summed E-state index contributed by atoms with van der Waals surface area (Å²) in [6.07, 6.45) is 5.45. The number of ether oxygens (including phenoxy) is 1. The molecule has 3 aliphatic heterocycles. The lowest BCUT2D eigenvalue weighted by Crippen LogP contribution is -2.39.